The minimum Gasteiger partial charge on any atom is -0.356 e. The lowest BCUT2D eigenvalue weighted by Gasteiger charge is -2.10. The molecule has 0 fully saturated rings. The van der Waals surface area contributed by atoms with E-state index in [0.29, 0.717) is 6.42 Å². The Hall–Kier alpha value is -0.840. The van der Waals surface area contributed by atoms with Crippen LogP contribution < -0.4 is 0 Å². The number of hydrogen-bond acceptors (Lipinski definition) is 4. The van der Waals surface area contributed by atoms with E-state index in [-0.39, 0.29) is 0 Å². The second-order valence-corrected chi connectivity index (χ2v) is 1.78. The summed E-state index contributed by atoms with van der Waals surface area (Å²) in [6.07, 6.45) is 0.629. The van der Waals surface area contributed by atoms with Gasteiger partial charge in [0.05, 0.1) is 0 Å². The molecule has 0 spiro atoms. The maximum absolute atomic E-state index is 9.75. The summed E-state index contributed by atoms with van der Waals surface area (Å²) < 4.78 is 4.64. The molecule has 0 radical (unpaired) electrons. The molecule has 0 aliphatic carbocycles. The van der Waals surface area contributed by atoms with E-state index in [1.54, 1.807) is 0 Å². The van der Waals surface area contributed by atoms with Crippen LogP contribution in [0.1, 0.15) is 19.8 Å². The summed E-state index contributed by atoms with van der Waals surface area (Å²) in [4.78, 5) is 13.9. The first kappa shape index (κ1) is 9.16. The van der Waals surface area contributed by atoms with Crippen LogP contribution in [0.4, 0.5) is 0 Å². The van der Waals surface area contributed by atoms with Gasteiger partial charge in [-0.15, -0.1) is 10.1 Å². The highest BCUT2D eigenvalue weighted by Crippen LogP contribution is 2.01. The molecule has 1 unspecified atom stereocenters. The summed E-state index contributed by atoms with van der Waals surface area (Å²) >= 11 is 0. The fourth-order valence-electron chi connectivity index (χ4n) is 0.545. The Morgan fingerprint density at radius 1 is 1.70 bits per heavy atom. The molecule has 0 aromatic heterocycles. The van der Waals surface area contributed by atoms with E-state index >= 15 is 0 Å². The van der Waals surface area contributed by atoms with Gasteiger partial charge in [-0.3, -0.25) is 4.84 Å². The molecular weight excluding hydrogens is 138 g/mol. The monoisotopic (exact) mass is 149 g/mol. The standard InChI is InChI=1S/C5H11NO4/c1-3-4-5(9-2)10-6(7)8/h5H,3-4H2,1-2H3. The van der Waals surface area contributed by atoms with Gasteiger partial charge in [-0.2, -0.15) is 0 Å². The molecule has 0 aromatic rings. The number of hydrogen-bond donors (Lipinski definition) is 0. The molecule has 10 heavy (non-hydrogen) atoms. The molecule has 0 saturated carbocycles. The van der Waals surface area contributed by atoms with E-state index in [9.17, 15) is 10.1 Å². The Balaban J connectivity index is 3.49. The van der Waals surface area contributed by atoms with Crippen LogP contribution in [0, 0.1) is 10.1 Å². The van der Waals surface area contributed by atoms with Crippen molar-refractivity contribution in [3.63, 3.8) is 0 Å². The number of rotatable bonds is 5. The normalized spacial score (nSPS) is 12.6. The SMILES string of the molecule is CCCC(OC)O[N+](=O)[O-]. The van der Waals surface area contributed by atoms with Crippen LogP contribution in [0.25, 0.3) is 0 Å². The van der Waals surface area contributed by atoms with Crippen molar-refractivity contribution in [3.8, 4) is 0 Å². The van der Waals surface area contributed by atoms with E-state index in [1.165, 1.54) is 7.11 Å². The molecule has 0 aromatic carbocycles. The molecule has 0 aliphatic rings. The highest BCUT2D eigenvalue weighted by Gasteiger charge is 2.09. The first-order valence-corrected chi connectivity index (χ1v) is 3.04. The summed E-state index contributed by atoms with van der Waals surface area (Å²) in [5.74, 6) is 0. The number of ether oxygens (including phenoxy) is 1. The second kappa shape index (κ2) is 4.99. The van der Waals surface area contributed by atoms with Crippen molar-refractivity contribution in [1.82, 2.24) is 0 Å². The minimum atomic E-state index is -0.843. The van der Waals surface area contributed by atoms with E-state index < -0.39 is 11.4 Å². The topological polar surface area (TPSA) is 61.6 Å². The van der Waals surface area contributed by atoms with Gasteiger partial charge in [0.15, 0.2) is 0 Å². The summed E-state index contributed by atoms with van der Waals surface area (Å²) in [5.41, 5.74) is 0. The van der Waals surface area contributed by atoms with Crippen LogP contribution in [0.5, 0.6) is 0 Å². The molecule has 5 nitrogen and oxygen atoms in total. The molecule has 60 valence electrons. The zero-order valence-corrected chi connectivity index (χ0v) is 6.07. The van der Waals surface area contributed by atoms with Crippen molar-refractivity contribution in [3.05, 3.63) is 10.1 Å². The molecule has 1 atom stereocenters. The van der Waals surface area contributed by atoms with Gasteiger partial charge in [0.2, 0.25) is 6.29 Å². The van der Waals surface area contributed by atoms with Gasteiger partial charge in [0.1, 0.15) is 0 Å². The predicted octanol–water partition coefficient (Wildman–Crippen LogP) is 0.967. The van der Waals surface area contributed by atoms with Gasteiger partial charge in [-0.25, -0.2) is 0 Å². The Morgan fingerprint density at radius 2 is 2.30 bits per heavy atom. The van der Waals surface area contributed by atoms with E-state index in [2.05, 4.69) is 9.57 Å². The smallest absolute Gasteiger partial charge is 0.297 e. The molecule has 0 rings (SSSR count). The third kappa shape index (κ3) is 4.08. The van der Waals surface area contributed by atoms with Gasteiger partial charge in [0.25, 0.3) is 5.09 Å². The quantitative estimate of drug-likeness (QED) is 0.332. The Bertz CT molecular complexity index is 106. The first-order valence-electron chi connectivity index (χ1n) is 3.04. The average molecular weight is 149 g/mol. The predicted molar refractivity (Wildman–Crippen MR) is 33.8 cm³/mol. The summed E-state index contributed by atoms with van der Waals surface area (Å²) in [6.45, 7) is 1.90. The van der Waals surface area contributed by atoms with Crippen LogP contribution in [-0.4, -0.2) is 18.5 Å². The Labute approximate surface area is 59.0 Å². The lowest BCUT2D eigenvalue weighted by molar-refractivity contribution is -0.780. The average Bonchev–Trinajstić information content (AvgIpc) is 1.86. The zero-order valence-electron chi connectivity index (χ0n) is 6.07. The van der Waals surface area contributed by atoms with Gasteiger partial charge >= 0.3 is 0 Å². The van der Waals surface area contributed by atoms with Gasteiger partial charge in [0, 0.05) is 7.11 Å². The van der Waals surface area contributed by atoms with Crippen LogP contribution >= 0.6 is 0 Å². The Morgan fingerprint density at radius 3 is 2.60 bits per heavy atom. The van der Waals surface area contributed by atoms with Crippen molar-refractivity contribution >= 4 is 0 Å². The fraction of sp³-hybridized carbons (Fsp3) is 1.00. The minimum absolute atomic E-state index is 0.539. The van der Waals surface area contributed by atoms with Gasteiger partial charge < -0.3 is 4.74 Å². The summed E-state index contributed by atoms with van der Waals surface area (Å²) in [7, 11) is 1.38. The molecule has 0 saturated heterocycles. The highest BCUT2D eigenvalue weighted by atomic mass is 17.0. The Kier molecular flexibility index (Phi) is 4.57. The second-order valence-electron chi connectivity index (χ2n) is 1.78. The fourth-order valence-corrected chi connectivity index (χ4v) is 0.545. The molecule has 0 amide bonds. The molecular formula is C5H11NO4. The summed E-state index contributed by atoms with van der Waals surface area (Å²) in [6, 6.07) is 0. The van der Waals surface area contributed by atoms with Crippen molar-refractivity contribution in [1.29, 1.82) is 0 Å². The van der Waals surface area contributed by atoms with E-state index in [1.807, 2.05) is 6.92 Å². The maximum atomic E-state index is 9.75. The first-order chi connectivity index (χ1) is 4.70. The number of nitrogens with zero attached hydrogens (tertiary/aromatic N) is 1. The van der Waals surface area contributed by atoms with Crippen molar-refractivity contribution in [2.75, 3.05) is 7.11 Å². The van der Waals surface area contributed by atoms with Crippen LogP contribution in [-0.2, 0) is 9.57 Å². The van der Waals surface area contributed by atoms with Gasteiger partial charge in [-0.1, -0.05) is 13.3 Å². The van der Waals surface area contributed by atoms with Crippen LogP contribution in [0.2, 0.25) is 0 Å². The molecule has 0 heterocycles. The van der Waals surface area contributed by atoms with Crippen LogP contribution in [0.15, 0.2) is 0 Å². The molecule has 5 heteroatoms. The third-order valence-electron chi connectivity index (χ3n) is 0.991. The molecule has 0 N–H and O–H groups in total. The zero-order chi connectivity index (χ0) is 7.98. The molecule has 0 aliphatic heterocycles. The largest absolute Gasteiger partial charge is 0.356 e. The molecule has 0 bridgehead atoms. The van der Waals surface area contributed by atoms with Gasteiger partial charge in [-0.05, 0) is 6.42 Å². The number of methoxy groups -OCH3 is 1. The van der Waals surface area contributed by atoms with Crippen molar-refractivity contribution in [2.24, 2.45) is 0 Å². The maximum Gasteiger partial charge on any atom is 0.297 e. The van der Waals surface area contributed by atoms with Crippen molar-refractivity contribution < 1.29 is 14.7 Å². The lowest BCUT2D eigenvalue weighted by atomic mass is 10.3. The highest BCUT2D eigenvalue weighted by molar-refractivity contribution is 4.37. The van der Waals surface area contributed by atoms with E-state index in [4.69, 9.17) is 0 Å². The van der Waals surface area contributed by atoms with Crippen molar-refractivity contribution in [2.45, 2.75) is 26.1 Å². The summed E-state index contributed by atoms with van der Waals surface area (Å²) in [5, 5.41) is 8.90. The third-order valence-corrected chi connectivity index (χ3v) is 0.991. The van der Waals surface area contributed by atoms with E-state index in [0.717, 1.165) is 6.42 Å². The van der Waals surface area contributed by atoms with Crippen LogP contribution in [0.3, 0.4) is 0 Å². The lowest BCUT2D eigenvalue weighted by Crippen LogP contribution is -2.18.